The largest absolute Gasteiger partial charge is 0.359 e. The maximum Gasteiger partial charge on any atom is 0.169 e. The van der Waals surface area contributed by atoms with E-state index < -0.39 is 17.5 Å². The third-order valence-corrected chi connectivity index (χ3v) is 4.96. The average molecular weight is 441 g/mol. The van der Waals surface area contributed by atoms with Gasteiger partial charge < -0.3 is 9.09 Å². The molecule has 3 aromatic rings. The first-order chi connectivity index (χ1) is 15.0. The smallest absolute Gasteiger partial charge is 0.169 e. The van der Waals surface area contributed by atoms with Crippen molar-refractivity contribution < 1.29 is 17.7 Å². The van der Waals surface area contributed by atoms with Crippen LogP contribution in [0.5, 0.6) is 0 Å². The molecule has 0 fully saturated rings. The summed E-state index contributed by atoms with van der Waals surface area (Å²) in [6, 6.07) is 12.5. The van der Waals surface area contributed by atoms with Gasteiger partial charge in [-0.25, -0.2) is 23.1 Å². The monoisotopic (exact) mass is 440 g/mol. The van der Waals surface area contributed by atoms with Gasteiger partial charge in [-0.3, -0.25) is 0 Å². The fraction of sp³-hybridized carbons (Fsp3) is 0.0455. The van der Waals surface area contributed by atoms with E-state index in [9.17, 15) is 13.2 Å². The molecule has 0 N–H and O–H groups in total. The van der Waals surface area contributed by atoms with Crippen LogP contribution in [0.25, 0.3) is 34.0 Å². The van der Waals surface area contributed by atoms with Crippen LogP contribution in [-0.2, 0) is 6.54 Å². The van der Waals surface area contributed by atoms with Gasteiger partial charge >= 0.3 is 0 Å². The summed E-state index contributed by atoms with van der Waals surface area (Å²) in [5.74, 6) is -2.35. The van der Waals surface area contributed by atoms with Crippen molar-refractivity contribution in [1.29, 1.82) is 0 Å². The molecule has 0 bridgehead atoms. The molecule has 2 aliphatic heterocycles. The van der Waals surface area contributed by atoms with E-state index in [1.165, 1.54) is 22.9 Å². The molecule has 31 heavy (non-hydrogen) atoms. The van der Waals surface area contributed by atoms with Gasteiger partial charge in [-0.05, 0) is 24.3 Å². The van der Waals surface area contributed by atoms with Gasteiger partial charge in [0.1, 0.15) is 17.1 Å². The lowest BCUT2D eigenvalue weighted by molar-refractivity contribution is 0.377. The highest BCUT2D eigenvalue weighted by molar-refractivity contribution is 6.30. The molecule has 0 spiro atoms. The minimum Gasteiger partial charge on any atom is -0.359 e. The predicted octanol–water partition coefficient (Wildman–Crippen LogP) is 5.82. The van der Waals surface area contributed by atoms with E-state index in [2.05, 4.69) is 15.1 Å². The van der Waals surface area contributed by atoms with E-state index >= 15 is 0 Å². The molecule has 154 valence electrons. The van der Waals surface area contributed by atoms with Crippen molar-refractivity contribution in [3.63, 3.8) is 0 Å². The van der Waals surface area contributed by atoms with E-state index in [4.69, 9.17) is 16.1 Å². The zero-order valence-corrected chi connectivity index (χ0v) is 16.4. The molecule has 0 saturated carbocycles. The van der Waals surface area contributed by atoms with Gasteiger partial charge in [0.2, 0.25) is 0 Å². The first-order valence-electron chi connectivity index (χ1n) is 9.17. The summed E-state index contributed by atoms with van der Waals surface area (Å²) in [4.78, 5) is 8.20. The SMILES string of the molecule is Fc1cn(Cc2cc(-c3ccc(Cl)cc3)no2)cc2nc(-c3cccc(F)c3F)nc1-2. The van der Waals surface area contributed by atoms with Crippen molar-refractivity contribution in [3.8, 4) is 34.0 Å². The summed E-state index contributed by atoms with van der Waals surface area (Å²) < 4.78 is 49.1. The van der Waals surface area contributed by atoms with Crippen LogP contribution in [0.1, 0.15) is 5.76 Å². The Morgan fingerprint density at radius 1 is 0.903 bits per heavy atom. The highest BCUT2D eigenvalue weighted by Gasteiger charge is 2.21. The third-order valence-electron chi connectivity index (χ3n) is 4.71. The molecular weight excluding hydrogens is 429 g/mol. The number of hydrogen-bond acceptors (Lipinski definition) is 4. The number of imidazole rings is 1. The van der Waals surface area contributed by atoms with Gasteiger partial charge in [0.15, 0.2) is 29.0 Å². The molecule has 2 aliphatic rings. The van der Waals surface area contributed by atoms with Crippen molar-refractivity contribution in [2.45, 2.75) is 6.54 Å². The van der Waals surface area contributed by atoms with Crippen molar-refractivity contribution in [1.82, 2.24) is 19.7 Å². The number of fused-ring (bicyclic) bond motifs is 1. The maximum atomic E-state index is 14.6. The molecule has 0 aliphatic carbocycles. The molecule has 5 nitrogen and oxygen atoms in total. The number of pyridine rings is 1. The third kappa shape index (κ3) is 3.66. The van der Waals surface area contributed by atoms with Gasteiger partial charge in [0, 0.05) is 29.0 Å². The average Bonchev–Trinajstić information content (AvgIpc) is 3.38. The second kappa shape index (κ2) is 7.55. The molecule has 0 saturated heterocycles. The summed E-state index contributed by atoms with van der Waals surface area (Å²) in [6.07, 6.45) is 2.78. The molecule has 5 rings (SSSR count). The minimum atomic E-state index is -1.08. The van der Waals surface area contributed by atoms with Gasteiger partial charge in [0.05, 0.1) is 12.1 Å². The van der Waals surface area contributed by atoms with Crippen LogP contribution in [0.3, 0.4) is 0 Å². The number of halogens is 4. The first-order valence-corrected chi connectivity index (χ1v) is 9.54. The summed E-state index contributed by atoms with van der Waals surface area (Å²) >= 11 is 5.90. The first kappa shape index (κ1) is 19.3. The lowest BCUT2D eigenvalue weighted by Gasteiger charge is -2.06. The quantitative estimate of drug-likeness (QED) is 0.353. The Balaban J connectivity index is 1.46. The highest BCUT2D eigenvalue weighted by Crippen LogP contribution is 2.29. The fourth-order valence-electron chi connectivity index (χ4n) is 3.23. The van der Waals surface area contributed by atoms with E-state index in [-0.39, 0.29) is 29.3 Å². The topological polar surface area (TPSA) is 56.7 Å². The lowest BCUT2D eigenvalue weighted by Crippen LogP contribution is -2.02. The highest BCUT2D eigenvalue weighted by atomic mass is 35.5. The minimum absolute atomic E-state index is 0.0330. The zero-order valence-electron chi connectivity index (χ0n) is 15.7. The van der Waals surface area contributed by atoms with Crippen molar-refractivity contribution in [3.05, 3.63) is 89.2 Å². The summed E-state index contributed by atoms with van der Waals surface area (Å²) in [5.41, 5.74) is 1.48. The fourth-order valence-corrected chi connectivity index (χ4v) is 3.36. The number of hydrogen-bond donors (Lipinski definition) is 0. The van der Waals surface area contributed by atoms with Crippen LogP contribution in [-0.4, -0.2) is 19.7 Å². The van der Waals surface area contributed by atoms with Gasteiger partial charge in [-0.2, -0.15) is 0 Å². The van der Waals surface area contributed by atoms with Crippen LogP contribution in [0.2, 0.25) is 5.02 Å². The van der Waals surface area contributed by atoms with Crippen LogP contribution in [0.15, 0.2) is 65.4 Å². The number of aromatic nitrogens is 4. The van der Waals surface area contributed by atoms with E-state index in [0.29, 0.717) is 16.5 Å². The predicted molar refractivity (Wildman–Crippen MR) is 108 cm³/mol. The van der Waals surface area contributed by atoms with Crippen LogP contribution in [0.4, 0.5) is 13.2 Å². The summed E-state index contributed by atoms with van der Waals surface area (Å²) in [7, 11) is 0. The molecule has 0 atom stereocenters. The number of nitrogens with zero attached hydrogens (tertiary/aromatic N) is 4. The Labute approximate surface area is 179 Å². The number of rotatable bonds is 4. The van der Waals surface area contributed by atoms with Gasteiger partial charge in [0.25, 0.3) is 0 Å². The van der Waals surface area contributed by atoms with Gasteiger partial charge in [-0.1, -0.05) is 35.0 Å². The molecule has 2 aromatic carbocycles. The van der Waals surface area contributed by atoms with E-state index in [0.717, 1.165) is 11.6 Å². The normalized spacial score (nSPS) is 11.4. The zero-order chi connectivity index (χ0) is 21.5. The van der Waals surface area contributed by atoms with Crippen molar-refractivity contribution >= 4 is 11.6 Å². The summed E-state index contributed by atoms with van der Waals surface area (Å²) in [6.45, 7) is 0.184. The van der Waals surface area contributed by atoms with Crippen LogP contribution < -0.4 is 0 Å². The van der Waals surface area contributed by atoms with Crippen molar-refractivity contribution in [2.75, 3.05) is 0 Å². The summed E-state index contributed by atoms with van der Waals surface area (Å²) in [5, 5.41) is 4.64. The van der Waals surface area contributed by atoms with Crippen LogP contribution in [0, 0.1) is 17.5 Å². The Kier molecular flexibility index (Phi) is 4.71. The molecule has 1 aromatic heterocycles. The van der Waals surface area contributed by atoms with E-state index in [1.807, 2.05) is 12.1 Å². The Morgan fingerprint density at radius 3 is 2.52 bits per heavy atom. The second-order valence-corrected chi connectivity index (χ2v) is 7.28. The van der Waals surface area contributed by atoms with Gasteiger partial charge in [-0.15, -0.1) is 0 Å². The number of benzene rings is 2. The molecule has 0 unspecified atom stereocenters. The van der Waals surface area contributed by atoms with E-state index in [1.54, 1.807) is 24.4 Å². The second-order valence-electron chi connectivity index (χ2n) is 6.85. The van der Waals surface area contributed by atoms with Crippen LogP contribution >= 0.6 is 11.6 Å². The molecular formula is C22H12ClF3N4O. The standard InChI is InChI=1S/C22H12ClF3N4O/c23-13-6-4-12(5-7-13)18-8-14(31-29-18)9-30-10-17(25)21-19(11-30)27-22(28-21)15-2-1-3-16(24)20(15)26/h1-8,10-11H,9H2. The lowest BCUT2D eigenvalue weighted by atomic mass is 10.1. The molecule has 9 heteroatoms. The Hall–Kier alpha value is -3.65. The Bertz CT molecular complexity index is 1360. The molecule has 0 radical (unpaired) electrons. The molecule has 0 amide bonds. The maximum absolute atomic E-state index is 14.6. The Morgan fingerprint density at radius 2 is 1.71 bits per heavy atom. The van der Waals surface area contributed by atoms with Crippen molar-refractivity contribution in [2.24, 2.45) is 0 Å². The molecule has 3 heterocycles.